The standard InChI is InChI=1S/C18H28BrNO/c1-4-11-20-18(14-7-5-13(2)6-8-14)16-10-9-15(19)12-17(16)21-3/h9-10,12-14,18,20H,4-8,11H2,1-3H3. The molecule has 0 heterocycles. The van der Waals surface area contributed by atoms with E-state index in [2.05, 4.69) is 53.3 Å². The maximum atomic E-state index is 5.63. The summed E-state index contributed by atoms with van der Waals surface area (Å²) in [5, 5.41) is 3.77. The molecule has 21 heavy (non-hydrogen) atoms. The van der Waals surface area contributed by atoms with Crippen molar-refractivity contribution in [2.75, 3.05) is 13.7 Å². The average Bonchev–Trinajstić information content (AvgIpc) is 2.50. The van der Waals surface area contributed by atoms with Crippen LogP contribution in [0.3, 0.4) is 0 Å². The monoisotopic (exact) mass is 353 g/mol. The lowest BCUT2D eigenvalue weighted by Gasteiger charge is -2.34. The van der Waals surface area contributed by atoms with E-state index in [1.54, 1.807) is 7.11 Å². The molecule has 118 valence electrons. The van der Waals surface area contributed by atoms with E-state index in [1.807, 2.05) is 0 Å². The number of rotatable bonds is 6. The summed E-state index contributed by atoms with van der Waals surface area (Å²) in [6.45, 7) is 5.67. The Bertz CT molecular complexity index is 441. The van der Waals surface area contributed by atoms with Crippen LogP contribution in [-0.4, -0.2) is 13.7 Å². The molecule has 0 amide bonds. The van der Waals surface area contributed by atoms with Crippen LogP contribution >= 0.6 is 15.9 Å². The lowest BCUT2D eigenvalue weighted by Crippen LogP contribution is -2.31. The van der Waals surface area contributed by atoms with Gasteiger partial charge in [0.1, 0.15) is 5.75 Å². The van der Waals surface area contributed by atoms with Gasteiger partial charge in [-0.15, -0.1) is 0 Å². The first-order valence-corrected chi connectivity index (χ1v) is 9.01. The van der Waals surface area contributed by atoms with Crippen molar-refractivity contribution in [3.05, 3.63) is 28.2 Å². The predicted molar refractivity (Wildman–Crippen MR) is 92.9 cm³/mol. The molecule has 1 aromatic carbocycles. The highest BCUT2D eigenvalue weighted by atomic mass is 79.9. The molecule has 0 radical (unpaired) electrons. The molecular formula is C18H28BrNO. The molecular weight excluding hydrogens is 326 g/mol. The van der Waals surface area contributed by atoms with Crippen LogP contribution in [0.15, 0.2) is 22.7 Å². The average molecular weight is 354 g/mol. The lowest BCUT2D eigenvalue weighted by atomic mass is 9.77. The second-order valence-electron chi connectivity index (χ2n) is 6.34. The van der Waals surface area contributed by atoms with Gasteiger partial charge < -0.3 is 10.1 Å². The molecule has 1 aliphatic rings. The summed E-state index contributed by atoms with van der Waals surface area (Å²) in [5.74, 6) is 2.61. The number of nitrogens with one attached hydrogen (secondary N) is 1. The summed E-state index contributed by atoms with van der Waals surface area (Å²) in [7, 11) is 1.77. The van der Waals surface area contributed by atoms with Gasteiger partial charge in [0, 0.05) is 16.1 Å². The van der Waals surface area contributed by atoms with Crippen LogP contribution in [0.2, 0.25) is 0 Å². The van der Waals surface area contributed by atoms with Crippen molar-refractivity contribution in [2.24, 2.45) is 11.8 Å². The highest BCUT2D eigenvalue weighted by molar-refractivity contribution is 9.10. The minimum Gasteiger partial charge on any atom is -0.496 e. The molecule has 1 fully saturated rings. The van der Waals surface area contributed by atoms with E-state index in [-0.39, 0.29) is 0 Å². The first kappa shape index (κ1) is 16.8. The van der Waals surface area contributed by atoms with E-state index >= 15 is 0 Å². The van der Waals surface area contributed by atoms with Crippen molar-refractivity contribution in [1.29, 1.82) is 0 Å². The molecule has 1 aliphatic carbocycles. The molecule has 2 nitrogen and oxygen atoms in total. The Hall–Kier alpha value is -0.540. The van der Waals surface area contributed by atoms with Crippen molar-refractivity contribution < 1.29 is 4.74 Å². The normalized spacial score (nSPS) is 23.8. The van der Waals surface area contributed by atoms with Crippen LogP contribution in [0, 0.1) is 11.8 Å². The van der Waals surface area contributed by atoms with E-state index in [1.165, 1.54) is 37.7 Å². The van der Waals surface area contributed by atoms with Gasteiger partial charge >= 0.3 is 0 Å². The van der Waals surface area contributed by atoms with Crippen molar-refractivity contribution in [1.82, 2.24) is 5.32 Å². The molecule has 3 heteroatoms. The minimum absolute atomic E-state index is 0.417. The molecule has 0 spiro atoms. The van der Waals surface area contributed by atoms with Gasteiger partial charge in [0.15, 0.2) is 0 Å². The zero-order valence-electron chi connectivity index (χ0n) is 13.5. The van der Waals surface area contributed by atoms with Gasteiger partial charge in [-0.05, 0) is 49.8 Å². The summed E-state index contributed by atoms with van der Waals surface area (Å²) < 4.78 is 6.71. The predicted octanol–water partition coefficient (Wildman–Crippen LogP) is 5.32. The number of halogens is 1. The lowest BCUT2D eigenvalue weighted by molar-refractivity contribution is 0.228. The SMILES string of the molecule is CCCNC(c1ccc(Br)cc1OC)C1CCC(C)CC1. The van der Waals surface area contributed by atoms with Crippen LogP contribution in [0.5, 0.6) is 5.75 Å². The van der Waals surface area contributed by atoms with Gasteiger partial charge in [-0.2, -0.15) is 0 Å². The van der Waals surface area contributed by atoms with Crippen molar-refractivity contribution in [2.45, 2.75) is 52.0 Å². The quantitative estimate of drug-likeness (QED) is 0.746. The maximum absolute atomic E-state index is 5.63. The van der Waals surface area contributed by atoms with Gasteiger partial charge in [-0.3, -0.25) is 0 Å². The molecule has 1 saturated carbocycles. The van der Waals surface area contributed by atoms with Crippen LogP contribution in [-0.2, 0) is 0 Å². The fourth-order valence-electron chi connectivity index (χ4n) is 3.39. The third kappa shape index (κ3) is 4.46. The van der Waals surface area contributed by atoms with Gasteiger partial charge in [0.2, 0.25) is 0 Å². The van der Waals surface area contributed by atoms with E-state index in [4.69, 9.17) is 4.74 Å². The van der Waals surface area contributed by atoms with Crippen LogP contribution in [0.25, 0.3) is 0 Å². The minimum atomic E-state index is 0.417. The van der Waals surface area contributed by atoms with Crippen LogP contribution in [0.1, 0.15) is 57.6 Å². The number of ether oxygens (including phenoxy) is 1. The van der Waals surface area contributed by atoms with E-state index in [0.717, 1.165) is 28.6 Å². The third-order valence-electron chi connectivity index (χ3n) is 4.68. The Morgan fingerprint density at radius 3 is 2.62 bits per heavy atom. The summed E-state index contributed by atoms with van der Waals surface area (Å²) in [5.41, 5.74) is 1.31. The Kier molecular flexibility index (Phi) is 6.56. The van der Waals surface area contributed by atoms with E-state index in [9.17, 15) is 0 Å². The second kappa shape index (κ2) is 8.19. The topological polar surface area (TPSA) is 21.3 Å². The Morgan fingerprint density at radius 2 is 2.00 bits per heavy atom. The molecule has 1 unspecified atom stereocenters. The molecule has 1 N–H and O–H groups in total. The first-order valence-electron chi connectivity index (χ1n) is 8.22. The first-order chi connectivity index (χ1) is 10.2. The molecule has 0 aliphatic heterocycles. The summed E-state index contributed by atoms with van der Waals surface area (Å²) in [4.78, 5) is 0. The van der Waals surface area contributed by atoms with Crippen LogP contribution < -0.4 is 10.1 Å². The fraction of sp³-hybridized carbons (Fsp3) is 0.667. The molecule has 2 rings (SSSR count). The van der Waals surface area contributed by atoms with Crippen LogP contribution in [0.4, 0.5) is 0 Å². The van der Waals surface area contributed by atoms with Crippen molar-refractivity contribution in [3.8, 4) is 5.75 Å². The van der Waals surface area contributed by atoms with Gasteiger partial charge in [0.25, 0.3) is 0 Å². The summed E-state index contributed by atoms with van der Waals surface area (Å²) in [6, 6.07) is 6.85. The van der Waals surface area contributed by atoms with Gasteiger partial charge in [-0.25, -0.2) is 0 Å². The summed E-state index contributed by atoms with van der Waals surface area (Å²) in [6.07, 6.45) is 6.52. The second-order valence-corrected chi connectivity index (χ2v) is 7.25. The van der Waals surface area contributed by atoms with Crippen molar-refractivity contribution >= 4 is 15.9 Å². The number of hydrogen-bond donors (Lipinski definition) is 1. The number of hydrogen-bond acceptors (Lipinski definition) is 2. The molecule has 1 aromatic rings. The number of methoxy groups -OCH3 is 1. The fourth-order valence-corrected chi connectivity index (χ4v) is 3.73. The van der Waals surface area contributed by atoms with E-state index in [0.29, 0.717) is 6.04 Å². The van der Waals surface area contributed by atoms with E-state index < -0.39 is 0 Å². The third-order valence-corrected chi connectivity index (χ3v) is 5.17. The highest BCUT2D eigenvalue weighted by Crippen LogP contribution is 2.40. The molecule has 0 bridgehead atoms. The molecule has 0 saturated heterocycles. The van der Waals surface area contributed by atoms with Crippen molar-refractivity contribution in [3.63, 3.8) is 0 Å². The largest absolute Gasteiger partial charge is 0.496 e. The zero-order valence-corrected chi connectivity index (χ0v) is 15.1. The Balaban J connectivity index is 2.22. The van der Waals surface area contributed by atoms with Gasteiger partial charge in [-0.1, -0.05) is 48.7 Å². The highest BCUT2D eigenvalue weighted by Gasteiger charge is 2.28. The smallest absolute Gasteiger partial charge is 0.124 e. The molecule has 0 aromatic heterocycles. The number of benzene rings is 1. The molecule has 1 atom stereocenters. The Morgan fingerprint density at radius 1 is 1.29 bits per heavy atom. The maximum Gasteiger partial charge on any atom is 0.124 e. The zero-order chi connectivity index (χ0) is 15.2. The Labute approximate surface area is 137 Å². The van der Waals surface area contributed by atoms with Gasteiger partial charge in [0.05, 0.1) is 7.11 Å². The summed E-state index contributed by atoms with van der Waals surface area (Å²) >= 11 is 3.54.